The van der Waals surface area contributed by atoms with E-state index in [4.69, 9.17) is 5.26 Å². The molecule has 0 rings (SSSR count). The summed E-state index contributed by atoms with van der Waals surface area (Å²) in [6.07, 6.45) is 1.89. The maximum atomic E-state index is 8.39. The van der Waals surface area contributed by atoms with Crippen LogP contribution in [-0.2, 0) is 4.89 Å². The van der Waals surface area contributed by atoms with Gasteiger partial charge in [-0.15, -0.1) is 0 Å². The van der Waals surface area contributed by atoms with E-state index in [0.717, 1.165) is 12.8 Å². The highest BCUT2D eigenvalue weighted by Crippen LogP contribution is 2.18. The fourth-order valence-electron chi connectivity index (χ4n) is 0.666. The average molecular weight is 197 g/mol. The molecule has 0 amide bonds. The maximum absolute atomic E-state index is 8.39. The molecule has 1 N–H and O–H groups in total. The van der Waals surface area contributed by atoms with Gasteiger partial charge >= 0.3 is 0 Å². The van der Waals surface area contributed by atoms with Crippen LogP contribution in [-0.4, -0.2) is 16.2 Å². The Balaban J connectivity index is 3.62. The number of halogens is 1. The van der Waals surface area contributed by atoms with Crippen LogP contribution >= 0.6 is 15.9 Å². The lowest BCUT2D eigenvalue weighted by molar-refractivity contribution is -0.312. The Kier molecular flexibility index (Phi) is 4.44. The van der Waals surface area contributed by atoms with Crippen molar-refractivity contribution in [3.63, 3.8) is 0 Å². The van der Waals surface area contributed by atoms with Crippen LogP contribution in [0.3, 0.4) is 0 Å². The second kappa shape index (κ2) is 4.25. The number of hydrogen-bond acceptors (Lipinski definition) is 2. The van der Waals surface area contributed by atoms with Crippen LogP contribution in [0.4, 0.5) is 0 Å². The summed E-state index contributed by atoms with van der Waals surface area (Å²) in [5.41, 5.74) is -0.394. The summed E-state index contributed by atoms with van der Waals surface area (Å²) in [7, 11) is 0. The normalized spacial score (nSPS) is 17.3. The van der Waals surface area contributed by atoms with Gasteiger partial charge in [0.05, 0.1) is 0 Å². The standard InChI is InChI=1S/C6H13BrO2/c1-3-4-6(2,5-7)9-8/h8H,3-5H2,1-2H3. The van der Waals surface area contributed by atoms with E-state index in [1.54, 1.807) is 0 Å². The zero-order chi connectivity index (χ0) is 7.33. The SMILES string of the molecule is CCCC(C)(CBr)OO. The molecule has 1 atom stereocenters. The minimum absolute atomic E-state index is 0.394. The van der Waals surface area contributed by atoms with Crippen molar-refractivity contribution in [3.8, 4) is 0 Å². The van der Waals surface area contributed by atoms with E-state index in [2.05, 4.69) is 27.7 Å². The second-order valence-electron chi connectivity index (χ2n) is 2.42. The molecule has 3 heteroatoms. The molecule has 0 heterocycles. The van der Waals surface area contributed by atoms with Crippen LogP contribution < -0.4 is 0 Å². The second-order valence-corrected chi connectivity index (χ2v) is 2.99. The van der Waals surface area contributed by atoms with E-state index < -0.39 is 5.60 Å². The summed E-state index contributed by atoms with van der Waals surface area (Å²) in [6.45, 7) is 3.92. The molecule has 0 aromatic carbocycles. The summed E-state index contributed by atoms with van der Waals surface area (Å²) >= 11 is 3.25. The third-order valence-corrected chi connectivity index (χ3v) is 2.47. The molecular formula is C6H13BrO2. The van der Waals surface area contributed by atoms with Crippen molar-refractivity contribution >= 4 is 15.9 Å². The van der Waals surface area contributed by atoms with Gasteiger partial charge in [-0.3, -0.25) is 5.26 Å². The zero-order valence-electron chi connectivity index (χ0n) is 5.85. The smallest absolute Gasteiger partial charge is 0.110 e. The molecule has 0 aliphatic heterocycles. The number of rotatable bonds is 4. The fraction of sp³-hybridized carbons (Fsp3) is 1.00. The van der Waals surface area contributed by atoms with Gasteiger partial charge in [0.25, 0.3) is 0 Å². The summed E-state index contributed by atoms with van der Waals surface area (Å²) in [5, 5.41) is 9.06. The molecule has 2 nitrogen and oxygen atoms in total. The first-order chi connectivity index (χ1) is 4.18. The summed E-state index contributed by atoms with van der Waals surface area (Å²) in [6, 6.07) is 0. The van der Waals surface area contributed by atoms with Gasteiger partial charge in [-0.25, -0.2) is 4.89 Å². The molecule has 0 aromatic rings. The van der Waals surface area contributed by atoms with Crippen molar-refractivity contribution < 1.29 is 10.1 Å². The van der Waals surface area contributed by atoms with E-state index in [0.29, 0.717) is 5.33 Å². The Morgan fingerprint density at radius 2 is 2.22 bits per heavy atom. The monoisotopic (exact) mass is 196 g/mol. The molecule has 0 aliphatic carbocycles. The quantitative estimate of drug-likeness (QED) is 0.426. The Bertz CT molecular complexity index is 71.5. The zero-order valence-corrected chi connectivity index (χ0v) is 7.44. The lowest BCUT2D eigenvalue weighted by Gasteiger charge is -2.21. The number of hydrogen-bond donors (Lipinski definition) is 1. The van der Waals surface area contributed by atoms with Crippen molar-refractivity contribution in [2.24, 2.45) is 0 Å². The minimum atomic E-state index is -0.394. The Labute approximate surface area is 64.3 Å². The van der Waals surface area contributed by atoms with Crippen molar-refractivity contribution in [1.82, 2.24) is 0 Å². The average Bonchev–Trinajstić information content (AvgIpc) is 1.89. The van der Waals surface area contributed by atoms with E-state index in [-0.39, 0.29) is 0 Å². The van der Waals surface area contributed by atoms with Crippen LogP contribution in [0.25, 0.3) is 0 Å². The fourth-order valence-corrected chi connectivity index (χ4v) is 1.05. The summed E-state index contributed by atoms with van der Waals surface area (Å²) in [5.74, 6) is 0. The van der Waals surface area contributed by atoms with Gasteiger partial charge in [0, 0.05) is 5.33 Å². The predicted octanol–water partition coefficient (Wildman–Crippen LogP) is 2.43. The van der Waals surface area contributed by atoms with Gasteiger partial charge < -0.3 is 0 Å². The van der Waals surface area contributed by atoms with Crippen molar-refractivity contribution in [2.45, 2.75) is 32.3 Å². The van der Waals surface area contributed by atoms with Crippen molar-refractivity contribution in [1.29, 1.82) is 0 Å². The van der Waals surface area contributed by atoms with Crippen LogP contribution in [0.2, 0.25) is 0 Å². The predicted molar refractivity (Wildman–Crippen MR) is 40.8 cm³/mol. The third kappa shape index (κ3) is 3.18. The van der Waals surface area contributed by atoms with Crippen molar-refractivity contribution in [3.05, 3.63) is 0 Å². The molecule has 0 aromatic heterocycles. The van der Waals surface area contributed by atoms with Crippen LogP contribution in [0.1, 0.15) is 26.7 Å². The first kappa shape index (κ1) is 9.40. The third-order valence-electron chi connectivity index (χ3n) is 1.28. The molecule has 0 bridgehead atoms. The highest BCUT2D eigenvalue weighted by molar-refractivity contribution is 9.09. The number of alkyl halides is 1. The van der Waals surface area contributed by atoms with E-state index in [9.17, 15) is 0 Å². The Morgan fingerprint density at radius 3 is 2.33 bits per heavy atom. The lowest BCUT2D eigenvalue weighted by atomic mass is 10.0. The van der Waals surface area contributed by atoms with Crippen LogP contribution in [0.15, 0.2) is 0 Å². The topological polar surface area (TPSA) is 29.5 Å². The molecule has 0 saturated carbocycles. The summed E-state index contributed by atoms with van der Waals surface area (Å²) < 4.78 is 0. The Hall–Kier alpha value is 0.400. The van der Waals surface area contributed by atoms with E-state index in [1.807, 2.05) is 6.92 Å². The van der Waals surface area contributed by atoms with Crippen LogP contribution in [0, 0.1) is 0 Å². The molecule has 0 spiro atoms. The molecule has 0 radical (unpaired) electrons. The van der Waals surface area contributed by atoms with Gasteiger partial charge in [-0.05, 0) is 13.3 Å². The first-order valence-corrected chi connectivity index (χ1v) is 4.19. The van der Waals surface area contributed by atoms with Gasteiger partial charge in [-0.1, -0.05) is 29.3 Å². The molecule has 0 saturated heterocycles. The molecule has 1 unspecified atom stereocenters. The molecule has 9 heavy (non-hydrogen) atoms. The van der Waals surface area contributed by atoms with Crippen LogP contribution in [0.5, 0.6) is 0 Å². The van der Waals surface area contributed by atoms with E-state index >= 15 is 0 Å². The minimum Gasteiger partial charge on any atom is -0.251 e. The van der Waals surface area contributed by atoms with E-state index in [1.165, 1.54) is 0 Å². The van der Waals surface area contributed by atoms with Gasteiger partial charge in [0.2, 0.25) is 0 Å². The molecule has 0 fully saturated rings. The first-order valence-electron chi connectivity index (χ1n) is 3.07. The van der Waals surface area contributed by atoms with Gasteiger partial charge in [-0.2, -0.15) is 0 Å². The highest BCUT2D eigenvalue weighted by atomic mass is 79.9. The van der Waals surface area contributed by atoms with Gasteiger partial charge in [0.15, 0.2) is 0 Å². The molecular weight excluding hydrogens is 184 g/mol. The Morgan fingerprint density at radius 1 is 1.67 bits per heavy atom. The highest BCUT2D eigenvalue weighted by Gasteiger charge is 2.22. The maximum Gasteiger partial charge on any atom is 0.110 e. The lowest BCUT2D eigenvalue weighted by Crippen LogP contribution is -2.28. The van der Waals surface area contributed by atoms with Crippen molar-refractivity contribution in [2.75, 3.05) is 5.33 Å². The largest absolute Gasteiger partial charge is 0.251 e. The molecule has 0 aliphatic rings. The summed E-state index contributed by atoms with van der Waals surface area (Å²) in [4.78, 5) is 4.28. The van der Waals surface area contributed by atoms with Gasteiger partial charge in [0.1, 0.15) is 5.60 Å². The molecule has 56 valence electrons.